The Bertz CT molecular complexity index is 315. The molecule has 0 fully saturated rings. The third-order valence-corrected chi connectivity index (χ3v) is 3.06. The largest absolute Gasteiger partial charge is 0.380 e. The molecular weight excluding hydrogens is 198 g/mol. The molecule has 1 rings (SSSR count). The van der Waals surface area contributed by atoms with Crippen molar-refractivity contribution in [3.63, 3.8) is 0 Å². The number of aromatic nitrogens is 2. The Morgan fingerprint density at radius 2 is 2.00 bits per heavy atom. The molecule has 16 heavy (non-hydrogen) atoms. The van der Waals surface area contributed by atoms with Gasteiger partial charge >= 0.3 is 0 Å². The average Bonchev–Trinajstić information content (AvgIpc) is 2.49. The van der Waals surface area contributed by atoms with E-state index in [1.807, 2.05) is 17.9 Å². The number of aryl methyl sites for hydroxylation is 1. The van der Waals surface area contributed by atoms with Crippen LogP contribution in [-0.2, 0) is 7.05 Å². The molecule has 1 unspecified atom stereocenters. The van der Waals surface area contributed by atoms with Gasteiger partial charge in [-0.2, -0.15) is 5.10 Å². The van der Waals surface area contributed by atoms with Crippen molar-refractivity contribution < 1.29 is 0 Å². The molecule has 0 radical (unpaired) electrons. The lowest BCUT2D eigenvalue weighted by molar-refractivity contribution is 0.520. The van der Waals surface area contributed by atoms with Gasteiger partial charge < -0.3 is 5.32 Å². The Balaban J connectivity index is 2.34. The maximum Gasteiger partial charge on any atom is 0.0758 e. The maximum absolute atomic E-state index is 4.23. The molecule has 0 spiro atoms. The predicted molar refractivity (Wildman–Crippen MR) is 69.7 cm³/mol. The fraction of sp³-hybridized carbons (Fsp3) is 0.769. The van der Waals surface area contributed by atoms with E-state index in [0.29, 0.717) is 6.04 Å². The van der Waals surface area contributed by atoms with E-state index in [9.17, 15) is 0 Å². The second-order valence-electron chi connectivity index (χ2n) is 5.14. The maximum atomic E-state index is 4.23. The summed E-state index contributed by atoms with van der Waals surface area (Å²) in [5.74, 6) is 0.812. The monoisotopic (exact) mass is 223 g/mol. The van der Waals surface area contributed by atoms with E-state index in [0.717, 1.165) is 5.92 Å². The van der Waals surface area contributed by atoms with Gasteiger partial charge in [0.1, 0.15) is 0 Å². The lowest BCUT2D eigenvalue weighted by Crippen LogP contribution is -2.15. The zero-order valence-corrected chi connectivity index (χ0v) is 11.2. The van der Waals surface area contributed by atoms with Gasteiger partial charge in [0.05, 0.1) is 17.6 Å². The Hall–Kier alpha value is -0.990. The van der Waals surface area contributed by atoms with Crippen LogP contribution in [0.2, 0.25) is 0 Å². The molecule has 1 aromatic rings. The van der Waals surface area contributed by atoms with Crippen LogP contribution in [0.15, 0.2) is 6.20 Å². The van der Waals surface area contributed by atoms with Gasteiger partial charge in [-0.05, 0) is 26.2 Å². The highest BCUT2D eigenvalue weighted by atomic mass is 15.3. The van der Waals surface area contributed by atoms with Crippen LogP contribution in [0.5, 0.6) is 0 Å². The Morgan fingerprint density at radius 1 is 1.31 bits per heavy atom. The highest BCUT2D eigenvalue weighted by molar-refractivity contribution is 5.46. The Kier molecular flexibility index (Phi) is 4.84. The fourth-order valence-electron chi connectivity index (χ4n) is 1.81. The van der Waals surface area contributed by atoms with Crippen molar-refractivity contribution in [2.24, 2.45) is 13.0 Å². The minimum atomic E-state index is 0.529. The zero-order chi connectivity index (χ0) is 12.1. The molecule has 1 N–H and O–H groups in total. The SMILES string of the molecule is Cc1c(NC(C)CCCC(C)C)cnn1C. The first kappa shape index (κ1) is 13.1. The van der Waals surface area contributed by atoms with Crippen molar-refractivity contribution in [2.45, 2.75) is 53.0 Å². The number of nitrogens with zero attached hydrogens (tertiary/aromatic N) is 2. The second-order valence-corrected chi connectivity index (χ2v) is 5.14. The highest BCUT2D eigenvalue weighted by Crippen LogP contribution is 2.16. The van der Waals surface area contributed by atoms with Gasteiger partial charge in [-0.25, -0.2) is 0 Å². The van der Waals surface area contributed by atoms with E-state index >= 15 is 0 Å². The molecule has 0 saturated carbocycles. The third-order valence-electron chi connectivity index (χ3n) is 3.06. The van der Waals surface area contributed by atoms with Gasteiger partial charge in [-0.3, -0.25) is 4.68 Å². The molecule has 0 aliphatic heterocycles. The molecule has 0 aromatic carbocycles. The molecule has 0 aliphatic rings. The first-order valence-corrected chi connectivity index (χ1v) is 6.25. The summed E-state index contributed by atoms with van der Waals surface area (Å²) in [6.07, 6.45) is 5.75. The Morgan fingerprint density at radius 3 is 2.50 bits per heavy atom. The standard InChI is InChI=1S/C13H25N3/c1-10(2)7-6-8-11(3)15-13-9-14-16(5)12(13)4/h9-11,15H,6-8H2,1-5H3. The van der Waals surface area contributed by atoms with Crippen LogP contribution >= 0.6 is 0 Å². The molecule has 1 aromatic heterocycles. The molecule has 0 aliphatic carbocycles. The first-order chi connectivity index (χ1) is 7.50. The van der Waals surface area contributed by atoms with Crippen molar-refractivity contribution in [1.82, 2.24) is 9.78 Å². The van der Waals surface area contributed by atoms with E-state index < -0.39 is 0 Å². The van der Waals surface area contributed by atoms with E-state index in [1.165, 1.54) is 30.6 Å². The predicted octanol–water partition coefficient (Wildman–Crippen LogP) is 3.36. The minimum absolute atomic E-state index is 0.529. The van der Waals surface area contributed by atoms with Crippen molar-refractivity contribution in [3.05, 3.63) is 11.9 Å². The van der Waals surface area contributed by atoms with Crippen LogP contribution < -0.4 is 5.32 Å². The van der Waals surface area contributed by atoms with Crippen molar-refractivity contribution >= 4 is 5.69 Å². The van der Waals surface area contributed by atoms with Gasteiger partial charge in [0.15, 0.2) is 0 Å². The summed E-state index contributed by atoms with van der Waals surface area (Å²) in [6, 6.07) is 0.529. The van der Waals surface area contributed by atoms with E-state index in [1.54, 1.807) is 0 Å². The number of rotatable bonds is 6. The summed E-state index contributed by atoms with van der Waals surface area (Å²) < 4.78 is 1.91. The average molecular weight is 223 g/mol. The smallest absolute Gasteiger partial charge is 0.0758 e. The second kappa shape index (κ2) is 5.92. The summed E-state index contributed by atoms with van der Waals surface area (Å²) in [7, 11) is 1.98. The topological polar surface area (TPSA) is 29.9 Å². The summed E-state index contributed by atoms with van der Waals surface area (Å²) in [6.45, 7) is 8.90. The van der Waals surface area contributed by atoms with Crippen LogP contribution in [-0.4, -0.2) is 15.8 Å². The quantitative estimate of drug-likeness (QED) is 0.801. The van der Waals surface area contributed by atoms with E-state index in [4.69, 9.17) is 0 Å². The number of hydrogen-bond donors (Lipinski definition) is 1. The van der Waals surface area contributed by atoms with Gasteiger partial charge in [0, 0.05) is 13.1 Å². The molecule has 0 saturated heterocycles. The van der Waals surface area contributed by atoms with Crippen LogP contribution in [0.4, 0.5) is 5.69 Å². The molecule has 0 amide bonds. The van der Waals surface area contributed by atoms with Crippen LogP contribution in [0.25, 0.3) is 0 Å². The summed E-state index contributed by atoms with van der Waals surface area (Å²) in [5, 5.41) is 7.75. The number of nitrogens with one attached hydrogen (secondary N) is 1. The molecular formula is C13H25N3. The zero-order valence-electron chi connectivity index (χ0n) is 11.2. The number of hydrogen-bond acceptors (Lipinski definition) is 2. The molecule has 1 heterocycles. The van der Waals surface area contributed by atoms with Gasteiger partial charge in [0.2, 0.25) is 0 Å². The van der Waals surface area contributed by atoms with Gasteiger partial charge in [-0.15, -0.1) is 0 Å². The number of anilines is 1. The fourth-order valence-corrected chi connectivity index (χ4v) is 1.81. The van der Waals surface area contributed by atoms with Gasteiger partial charge in [0.25, 0.3) is 0 Å². The molecule has 3 heteroatoms. The van der Waals surface area contributed by atoms with Crippen molar-refractivity contribution in [1.29, 1.82) is 0 Å². The van der Waals surface area contributed by atoms with Crippen molar-refractivity contribution in [3.8, 4) is 0 Å². The van der Waals surface area contributed by atoms with Crippen LogP contribution in [0, 0.1) is 12.8 Å². The van der Waals surface area contributed by atoms with Crippen molar-refractivity contribution in [2.75, 3.05) is 5.32 Å². The van der Waals surface area contributed by atoms with Crippen LogP contribution in [0.3, 0.4) is 0 Å². The summed E-state index contributed by atoms with van der Waals surface area (Å²) in [5.41, 5.74) is 2.37. The highest BCUT2D eigenvalue weighted by Gasteiger charge is 2.07. The van der Waals surface area contributed by atoms with E-state index in [2.05, 4.69) is 38.1 Å². The summed E-state index contributed by atoms with van der Waals surface area (Å²) >= 11 is 0. The van der Waals surface area contributed by atoms with Crippen LogP contribution in [0.1, 0.15) is 45.7 Å². The third kappa shape index (κ3) is 3.87. The normalized spacial score (nSPS) is 13.1. The molecule has 0 bridgehead atoms. The molecule has 92 valence electrons. The molecule has 3 nitrogen and oxygen atoms in total. The Labute approximate surface area is 99.2 Å². The minimum Gasteiger partial charge on any atom is -0.380 e. The lowest BCUT2D eigenvalue weighted by Gasteiger charge is -2.15. The van der Waals surface area contributed by atoms with Gasteiger partial charge in [-0.1, -0.05) is 26.7 Å². The van der Waals surface area contributed by atoms with E-state index in [-0.39, 0.29) is 0 Å². The lowest BCUT2D eigenvalue weighted by atomic mass is 10.0. The first-order valence-electron chi connectivity index (χ1n) is 6.25. The molecule has 1 atom stereocenters. The summed E-state index contributed by atoms with van der Waals surface area (Å²) in [4.78, 5) is 0.